The lowest BCUT2D eigenvalue weighted by atomic mass is 9.83. The van der Waals surface area contributed by atoms with E-state index in [1.54, 1.807) is 0 Å². The van der Waals surface area contributed by atoms with E-state index in [1.807, 2.05) is 0 Å². The molecule has 0 heterocycles. The van der Waals surface area contributed by atoms with E-state index in [2.05, 4.69) is 76.2 Å². The fourth-order valence-corrected chi connectivity index (χ4v) is 1.93. The Balaban J connectivity index is 0. The molecule has 1 aliphatic carbocycles. The second kappa shape index (κ2) is 10.7. The Morgan fingerprint density at radius 3 is 1.39 bits per heavy atom. The molecule has 0 aromatic rings. The Hall–Kier alpha value is -0.0400. The molecule has 0 amide bonds. The maximum atomic E-state index is 8.67. The first-order valence-electron chi connectivity index (χ1n) is 9.76. The van der Waals surface area contributed by atoms with E-state index in [9.17, 15) is 0 Å². The van der Waals surface area contributed by atoms with Crippen molar-refractivity contribution in [2.45, 2.75) is 108 Å². The maximum Gasteiger partial charge on any atom is 0.0461 e. The van der Waals surface area contributed by atoms with Crippen LogP contribution < -0.4 is 0 Å². The van der Waals surface area contributed by atoms with Crippen LogP contribution in [-0.2, 0) is 0 Å². The predicted molar refractivity (Wildman–Crippen MR) is 107 cm³/mol. The SMILES string of the molecule is CC(C)(C)C1CC1.CC(CO)C(C)(C)C.CCCCC(C)(C)C. The highest BCUT2D eigenvalue weighted by atomic mass is 16.3. The highest BCUT2D eigenvalue weighted by molar-refractivity contribution is 4.84. The topological polar surface area (TPSA) is 20.2 Å². The lowest BCUT2D eigenvalue weighted by Gasteiger charge is -2.24. The normalized spacial score (nSPS) is 16.7. The molecular formula is C22H48O. The van der Waals surface area contributed by atoms with Gasteiger partial charge in [-0.05, 0) is 47.3 Å². The van der Waals surface area contributed by atoms with Gasteiger partial charge in [-0.2, -0.15) is 0 Å². The smallest absolute Gasteiger partial charge is 0.0461 e. The summed E-state index contributed by atoms with van der Waals surface area (Å²) in [5, 5.41) is 8.67. The zero-order chi connectivity index (χ0) is 18.9. The Kier molecular flexibility index (Phi) is 11.8. The average Bonchev–Trinajstić information content (AvgIpc) is 3.18. The minimum Gasteiger partial charge on any atom is -0.396 e. The first-order chi connectivity index (χ1) is 10.1. The van der Waals surface area contributed by atoms with Crippen molar-refractivity contribution >= 4 is 0 Å². The summed E-state index contributed by atoms with van der Waals surface area (Å²) in [7, 11) is 0. The van der Waals surface area contributed by atoms with Crippen molar-refractivity contribution in [1.29, 1.82) is 0 Å². The molecule has 1 aliphatic rings. The van der Waals surface area contributed by atoms with Crippen LogP contribution in [-0.4, -0.2) is 11.7 Å². The van der Waals surface area contributed by atoms with Gasteiger partial charge in [0.2, 0.25) is 0 Å². The van der Waals surface area contributed by atoms with E-state index >= 15 is 0 Å². The molecule has 1 fully saturated rings. The number of unbranched alkanes of at least 4 members (excludes halogenated alkanes) is 1. The molecule has 0 bridgehead atoms. The fraction of sp³-hybridized carbons (Fsp3) is 1.00. The number of hydrogen-bond acceptors (Lipinski definition) is 1. The van der Waals surface area contributed by atoms with E-state index in [0.29, 0.717) is 23.4 Å². The Bertz CT molecular complexity index is 268. The second-order valence-corrected chi connectivity index (χ2v) is 10.8. The van der Waals surface area contributed by atoms with Gasteiger partial charge in [-0.1, -0.05) is 89.0 Å². The maximum absolute atomic E-state index is 8.67. The molecule has 0 aromatic carbocycles. The summed E-state index contributed by atoms with van der Waals surface area (Å²) in [5.41, 5.74) is 1.42. The third-order valence-electron chi connectivity index (χ3n) is 4.83. The zero-order valence-corrected chi connectivity index (χ0v) is 18.3. The molecule has 0 radical (unpaired) electrons. The molecule has 0 aliphatic heterocycles. The summed E-state index contributed by atoms with van der Waals surface area (Å²) in [4.78, 5) is 0. The van der Waals surface area contributed by atoms with Gasteiger partial charge in [0.25, 0.3) is 0 Å². The van der Waals surface area contributed by atoms with Crippen LogP contribution in [0.4, 0.5) is 0 Å². The van der Waals surface area contributed by atoms with Crippen molar-refractivity contribution in [3.05, 3.63) is 0 Å². The molecule has 0 aromatic heterocycles. The van der Waals surface area contributed by atoms with Gasteiger partial charge in [0.05, 0.1) is 0 Å². The fourth-order valence-electron chi connectivity index (χ4n) is 1.93. The van der Waals surface area contributed by atoms with Crippen molar-refractivity contribution in [1.82, 2.24) is 0 Å². The van der Waals surface area contributed by atoms with Crippen LogP contribution in [0.5, 0.6) is 0 Å². The van der Waals surface area contributed by atoms with E-state index in [-0.39, 0.29) is 5.41 Å². The molecule has 142 valence electrons. The minimum absolute atomic E-state index is 0.259. The predicted octanol–water partition coefficient (Wildman–Crippen LogP) is 7.33. The minimum atomic E-state index is 0.259. The third-order valence-corrected chi connectivity index (χ3v) is 4.83. The lowest BCUT2D eigenvalue weighted by molar-refractivity contribution is 0.146. The highest BCUT2D eigenvalue weighted by Gasteiger charge is 2.33. The van der Waals surface area contributed by atoms with Crippen LogP contribution in [0.2, 0.25) is 0 Å². The summed E-state index contributed by atoms with van der Waals surface area (Å²) in [6.45, 7) is 24.8. The first-order valence-corrected chi connectivity index (χ1v) is 9.76. The monoisotopic (exact) mass is 328 g/mol. The van der Waals surface area contributed by atoms with Crippen molar-refractivity contribution in [3.63, 3.8) is 0 Å². The number of aliphatic hydroxyl groups is 1. The molecule has 0 saturated heterocycles. The van der Waals surface area contributed by atoms with Gasteiger partial charge in [-0.3, -0.25) is 0 Å². The molecule has 1 heteroatoms. The van der Waals surface area contributed by atoms with Gasteiger partial charge in [-0.15, -0.1) is 0 Å². The molecule has 1 rings (SSSR count). The van der Waals surface area contributed by atoms with Gasteiger partial charge in [-0.25, -0.2) is 0 Å². The molecule has 1 atom stereocenters. The lowest BCUT2D eigenvalue weighted by Crippen LogP contribution is -2.20. The number of aliphatic hydroxyl groups excluding tert-OH is 1. The molecular weight excluding hydrogens is 280 g/mol. The first kappa shape index (κ1) is 25.2. The van der Waals surface area contributed by atoms with Gasteiger partial charge >= 0.3 is 0 Å². The molecule has 1 unspecified atom stereocenters. The van der Waals surface area contributed by atoms with Crippen molar-refractivity contribution in [2.24, 2.45) is 28.1 Å². The van der Waals surface area contributed by atoms with Crippen LogP contribution >= 0.6 is 0 Å². The molecule has 23 heavy (non-hydrogen) atoms. The summed E-state index contributed by atoms with van der Waals surface area (Å²) in [6.07, 6.45) is 7.03. The van der Waals surface area contributed by atoms with Gasteiger partial charge in [0, 0.05) is 6.61 Å². The average molecular weight is 329 g/mol. The van der Waals surface area contributed by atoms with Crippen LogP contribution in [0.3, 0.4) is 0 Å². The van der Waals surface area contributed by atoms with Gasteiger partial charge in [0.1, 0.15) is 0 Å². The summed E-state index contributed by atoms with van der Waals surface area (Å²) in [6, 6.07) is 0. The van der Waals surface area contributed by atoms with Crippen molar-refractivity contribution in [2.75, 3.05) is 6.61 Å². The van der Waals surface area contributed by atoms with Crippen molar-refractivity contribution < 1.29 is 5.11 Å². The Morgan fingerprint density at radius 2 is 1.35 bits per heavy atom. The van der Waals surface area contributed by atoms with Gasteiger partial charge < -0.3 is 5.11 Å². The summed E-state index contributed by atoms with van der Waals surface area (Å²) in [5.74, 6) is 1.45. The van der Waals surface area contributed by atoms with E-state index in [1.165, 1.54) is 32.1 Å². The van der Waals surface area contributed by atoms with Crippen LogP contribution in [0.15, 0.2) is 0 Å². The second-order valence-electron chi connectivity index (χ2n) is 10.8. The number of hydrogen-bond donors (Lipinski definition) is 1. The van der Waals surface area contributed by atoms with E-state index in [0.717, 1.165) is 5.92 Å². The molecule has 1 nitrogen and oxygen atoms in total. The van der Waals surface area contributed by atoms with E-state index in [4.69, 9.17) is 5.11 Å². The third kappa shape index (κ3) is 18.1. The quantitative estimate of drug-likeness (QED) is 0.575. The summed E-state index contributed by atoms with van der Waals surface area (Å²) < 4.78 is 0. The molecule has 1 N–H and O–H groups in total. The van der Waals surface area contributed by atoms with Crippen molar-refractivity contribution in [3.8, 4) is 0 Å². The van der Waals surface area contributed by atoms with Crippen LogP contribution in [0, 0.1) is 28.1 Å². The standard InChI is InChI=1S/C8H18.C7H16O.C7H14/c1-5-6-7-8(2,3)4;1-6(5-8)7(2,3)4;1-7(2,3)6-4-5-6/h5-7H2,1-4H3;6,8H,5H2,1-4H3;6H,4-5H2,1-3H3. The Morgan fingerprint density at radius 1 is 0.913 bits per heavy atom. The highest BCUT2D eigenvalue weighted by Crippen LogP contribution is 2.44. The summed E-state index contributed by atoms with van der Waals surface area (Å²) >= 11 is 0. The van der Waals surface area contributed by atoms with E-state index < -0.39 is 0 Å². The van der Waals surface area contributed by atoms with Gasteiger partial charge in [0.15, 0.2) is 0 Å². The Labute approximate surface area is 148 Å². The number of rotatable bonds is 3. The largest absolute Gasteiger partial charge is 0.396 e. The molecule has 0 spiro atoms. The van der Waals surface area contributed by atoms with Crippen LogP contribution in [0.1, 0.15) is 108 Å². The zero-order valence-electron chi connectivity index (χ0n) is 18.3. The van der Waals surface area contributed by atoms with Crippen LogP contribution in [0.25, 0.3) is 0 Å². The molecule has 1 saturated carbocycles.